The highest BCUT2D eigenvalue weighted by molar-refractivity contribution is 6.33. The Balaban J connectivity index is 1.68. The SMILES string of the molecule is NC(=O)C1=C2CN(c3cn[nH]c(=O)c3Cl)CC=C2N(Cc2ccccc2C(F)(F)F)N1. The van der Waals surface area contributed by atoms with Crippen LogP contribution in [-0.4, -0.2) is 34.2 Å². The summed E-state index contributed by atoms with van der Waals surface area (Å²) >= 11 is 6.08. The number of amides is 1. The Morgan fingerprint density at radius 1 is 1.29 bits per heavy atom. The van der Waals surface area contributed by atoms with E-state index < -0.39 is 23.2 Å². The molecule has 0 aliphatic carbocycles. The van der Waals surface area contributed by atoms with Gasteiger partial charge in [0.2, 0.25) is 0 Å². The van der Waals surface area contributed by atoms with Gasteiger partial charge in [-0.2, -0.15) is 18.3 Å². The Morgan fingerprint density at radius 2 is 2.03 bits per heavy atom. The monoisotopic (exact) mass is 452 g/mol. The molecular formula is C19H16ClF3N6O2. The third kappa shape index (κ3) is 3.83. The highest BCUT2D eigenvalue weighted by Gasteiger charge is 2.37. The molecule has 0 saturated carbocycles. The van der Waals surface area contributed by atoms with Crippen LogP contribution >= 0.6 is 11.6 Å². The number of aromatic nitrogens is 2. The van der Waals surface area contributed by atoms with Gasteiger partial charge in [-0.25, -0.2) is 5.10 Å². The van der Waals surface area contributed by atoms with Gasteiger partial charge in [-0.1, -0.05) is 29.8 Å². The van der Waals surface area contributed by atoms with Gasteiger partial charge in [0.05, 0.1) is 29.7 Å². The van der Waals surface area contributed by atoms with E-state index in [1.165, 1.54) is 29.4 Å². The van der Waals surface area contributed by atoms with Crippen molar-refractivity contribution in [3.05, 3.63) is 80.0 Å². The van der Waals surface area contributed by atoms with Gasteiger partial charge in [0.25, 0.3) is 11.5 Å². The molecule has 0 spiro atoms. The summed E-state index contributed by atoms with van der Waals surface area (Å²) in [5, 5.41) is 7.36. The van der Waals surface area contributed by atoms with E-state index in [-0.39, 0.29) is 35.9 Å². The first kappa shape index (κ1) is 20.8. The van der Waals surface area contributed by atoms with Crippen LogP contribution in [0.4, 0.5) is 18.9 Å². The van der Waals surface area contributed by atoms with E-state index in [9.17, 15) is 22.8 Å². The molecule has 0 unspecified atom stereocenters. The number of H-pyrrole nitrogens is 1. The Labute approximate surface area is 178 Å². The number of benzene rings is 1. The fraction of sp³-hybridized carbons (Fsp3) is 0.211. The lowest BCUT2D eigenvalue weighted by atomic mass is 10.0. The molecular weight excluding hydrogens is 437 g/mol. The zero-order valence-electron chi connectivity index (χ0n) is 15.8. The van der Waals surface area contributed by atoms with Gasteiger partial charge < -0.3 is 10.6 Å². The number of nitrogens with two attached hydrogens (primary N) is 1. The van der Waals surface area contributed by atoms with Gasteiger partial charge in [-0.3, -0.25) is 20.0 Å². The van der Waals surface area contributed by atoms with E-state index >= 15 is 0 Å². The predicted octanol–water partition coefficient (Wildman–Crippen LogP) is 1.91. The van der Waals surface area contributed by atoms with Crippen LogP contribution < -0.4 is 21.6 Å². The molecule has 1 aromatic carbocycles. The van der Waals surface area contributed by atoms with Crippen LogP contribution in [0.5, 0.6) is 0 Å². The average Bonchev–Trinajstić information content (AvgIpc) is 3.08. The summed E-state index contributed by atoms with van der Waals surface area (Å²) < 4.78 is 40.1. The summed E-state index contributed by atoms with van der Waals surface area (Å²) in [6.07, 6.45) is -1.41. The third-order valence-corrected chi connectivity index (χ3v) is 5.38. The molecule has 2 aliphatic heterocycles. The maximum atomic E-state index is 13.4. The van der Waals surface area contributed by atoms with Gasteiger partial charge >= 0.3 is 6.18 Å². The zero-order valence-corrected chi connectivity index (χ0v) is 16.6. The number of carbonyl (C=O) groups excluding carboxylic acids is 1. The Hall–Kier alpha value is -3.47. The van der Waals surface area contributed by atoms with Crippen LogP contribution in [-0.2, 0) is 17.5 Å². The predicted molar refractivity (Wildman–Crippen MR) is 107 cm³/mol. The van der Waals surface area contributed by atoms with Crippen LogP contribution in [0.2, 0.25) is 5.02 Å². The molecule has 4 N–H and O–H groups in total. The lowest BCUT2D eigenvalue weighted by molar-refractivity contribution is -0.138. The topological polar surface area (TPSA) is 107 Å². The molecule has 3 heterocycles. The molecule has 4 rings (SSSR count). The molecule has 0 radical (unpaired) electrons. The number of hydrazine groups is 1. The molecule has 1 aromatic heterocycles. The maximum absolute atomic E-state index is 13.4. The maximum Gasteiger partial charge on any atom is 0.416 e. The molecule has 2 aliphatic rings. The van der Waals surface area contributed by atoms with Crippen LogP contribution in [0.25, 0.3) is 0 Å². The van der Waals surface area contributed by atoms with Gasteiger partial charge in [-0.05, 0) is 17.7 Å². The van der Waals surface area contributed by atoms with E-state index in [0.29, 0.717) is 17.0 Å². The second-order valence-corrected chi connectivity index (χ2v) is 7.32. The first-order valence-electron chi connectivity index (χ1n) is 9.07. The molecule has 0 fully saturated rings. The fourth-order valence-electron chi connectivity index (χ4n) is 3.61. The average molecular weight is 453 g/mol. The molecule has 31 heavy (non-hydrogen) atoms. The second kappa shape index (κ2) is 7.65. The summed E-state index contributed by atoms with van der Waals surface area (Å²) in [4.78, 5) is 25.5. The quantitative estimate of drug-likeness (QED) is 0.654. The number of carbonyl (C=O) groups is 1. The van der Waals surface area contributed by atoms with Gasteiger partial charge in [-0.15, -0.1) is 0 Å². The normalized spacial score (nSPS) is 16.2. The molecule has 12 heteroatoms. The van der Waals surface area contributed by atoms with Crippen molar-refractivity contribution < 1.29 is 18.0 Å². The summed E-state index contributed by atoms with van der Waals surface area (Å²) in [5.74, 6) is -0.760. The molecule has 0 saturated heterocycles. The Morgan fingerprint density at radius 3 is 2.74 bits per heavy atom. The molecule has 162 valence electrons. The first-order chi connectivity index (χ1) is 14.7. The van der Waals surface area contributed by atoms with Crippen molar-refractivity contribution in [3.8, 4) is 0 Å². The molecule has 0 atom stereocenters. The van der Waals surface area contributed by atoms with Crippen molar-refractivity contribution in [2.24, 2.45) is 5.73 Å². The van der Waals surface area contributed by atoms with Crippen LogP contribution in [0, 0.1) is 0 Å². The fourth-order valence-corrected chi connectivity index (χ4v) is 3.82. The van der Waals surface area contributed by atoms with Crippen molar-refractivity contribution in [2.75, 3.05) is 18.0 Å². The number of nitrogens with zero attached hydrogens (tertiary/aromatic N) is 3. The highest BCUT2D eigenvalue weighted by Crippen LogP contribution is 2.36. The lowest BCUT2D eigenvalue weighted by Gasteiger charge is -2.31. The van der Waals surface area contributed by atoms with Gasteiger partial charge in [0.15, 0.2) is 0 Å². The smallest absolute Gasteiger partial charge is 0.364 e. The third-order valence-electron chi connectivity index (χ3n) is 5.02. The number of nitrogens with one attached hydrogen (secondary N) is 2. The molecule has 8 nitrogen and oxygen atoms in total. The Kier molecular flexibility index (Phi) is 5.13. The van der Waals surface area contributed by atoms with Crippen LogP contribution in [0.15, 0.2) is 58.3 Å². The minimum absolute atomic E-state index is 0.0396. The number of hydrogen-bond acceptors (Lipinski definition) is 6. The van der Waals surface area contributed by atoms with Crippen molar-refractivity contribution in [2.45, 2.75) is 12.7 Å². The van der Waals surface area contributed by atoms with E-state index in [2.05, 4.69) is 15.6 Å². The minimum atomic E-state index is -4.51. The number of rotatable bonds is 4. The molecule has 2 aromatic rings. The lowest BCUT2D eigenvalue weighted by Crippen LogP contribution is -2.36. The number of halogens is 4. The number of anilines is 1. The zero-order chi connectivity index (χ0) is 22.3. The van der Waals surface area contributed by atoms with Crippen LogP contribution in [0.1, 0.15) is 11.1 Å². The summed E-state index contributed by atoms with van der Waals surface area (Å²) in [7, 11) is 0. The van der Waals surface area contributed by atoms with Crippen molar-refractivity contribution in [3.63, 3.8) is 0 Å². The number of alkyl halides is 3. The number of fused-ring (bicyclic) bond motifs is 1. The molecule has 0 bridgehead atoms. The highest BCUT2D eigenvalue weighted by atomic mass is 35.5. The summed E-state index contributed by atoms with van der Waals surface area (Å²) in [6.45, 7) is 0.295. The number of hydrogen-bond donors (Lipinski definition) is 3. The van der Waals surface area contributed by atoms with E-state index in [4.69, 9.17) is 17.3 Å². The minimum Gasteiger partial charge on any atom is -0.364 e. The van der Waals surface area contributed by atoms with Crippen molar-refractivity contribution in [1.82, 2.24) is 20.6 Å². The van der Waals surface area contributed by atoms with Crippen LogP contribution in [0.3, 0.4) is 0 Å². The van der Waals surface area contributed by atoms with Gasteiger partial charge in [0.1, 0.15) is 10.7 Å². The summed E-state index contributed by atoms with van der Waals surface area (Å²) in [5.41, 5.74) is 8.48. The van der Waals surface area contributed by atoms with E-state index in [0.717, 1.165) is 6.07 Å². The largest absolute Gasteiger partial charge is 0.416 e. The Bertz CT molecular complexity index is 1170. The van der Waals surface area contributed by atoms with E-state index in [1.807, 2.05) is 0 Å². The van der Waals surface area contributed by atoms with Crippen molar-refractivity contribution in [1.29, 1.82) is 0 Å². The van der Waals surface area contributed by atoms with Gasteiger partial charge in [0, 0.05) is 18.7 Å². The number of aromatic amines is 1. The van der Waals surface area contributed by atoms with Crippen molar-refractivity contribution >= 4 is 23.2 Å². The standard InChI is InChI=1S/C19H16ClF3N6O2/c20-15-14(7-25-26-18(15)31)28-6-5-13-11(9-28)16(17(24)30)27-29(13)8-10-3-1-2-4-12(10)19(21,22)23/h1-5,7,27H,6,8-9H2,(H2,24,30)(H,26,31). The van der Waals surface area contributed by atoms with E-state index in [1.54, 1.807) is 11.0 Å². The first-order valence-corrected chi connectivity index (χ1v) is 9.45. The number of primary amides is 1. The molecule has 1 amide bonds. The second-order valence-electron chi connectivity index (χ2n) is 6.94. The summed E-state index contributed by atoms with van der Waals surface area (Å²) in [6, 6.07) is 5.22.